The molecule has 8 heteroatoms. The smallest absolute Gasteiger partial charge is 0.306 e. The Bertz CT molecular complexity index is 750. The van der Waals surface area contributed by atoms with Crippen LogP contribution in [0.25, 0.3) is 0 Å². The minimum absolute atomic E-state index is 0.0347. The second-order valence-electron chi connectivity index (χ2n) is 10.7. The number of alkyl halides is 1. The summed E-state index contributed by atoms with van der Waals surface area (Å²) >= 11 is 0. The van der Waals surface area contributed by atoms with Crippen molar-refractivity contribution in [2.24, 2.45) is 5.92 Å². The number of hydrogen-bond acceptors (Lipinski definition) is 6. The van der Waals surface area contributed by atoms with Crippen LogP contribution in [-0.4, -0.2) is 68.3 Å². The molecular formula is C27H44FNO6. The molecule has 7 nitrogen and oxygen atoms in total. The zero-order valence-electron chi connectivity index (χ0n) is 21.9. The number of epoxide rings is 2. The van der Waals surface area contributed by atoms with Crippen molar-refractivity contribution in [3.63, 3.8) is 0 Å². The molecule has 0 bridgehead atoms. The van der Waals surface area contributed by atoms with E-state index >= 15 is 0 Å². The second kappa shape index (κ2) is 12.6. The van der Waals surface area contributed by atoms with E-state index in [2.05, 4.69) is 32.2 Å². The average Bonchev–Trinajstić information content (AvgIpc) is 3.72. The van der Waals surface area contributed by atoms with Crippen molar-refractivity contribution in [3.8, 4) is 0 Å². The fourth-order valence-corrected chi connectivity index (χ4v) is 5.62. The van der Waals surface area contributed by atoms with E-state index in [9.17, 15) is 14.0 Å². The molecular weight excluding hydrogens is 453 g/mol. The van der Waals surface area contributed by atoms with Crippen LogP contribution in [0, 0.1) is 5.92 Å². The molecule has 3 unspecified atom stereocenters. The first-order valence-electron chi connectivity index (χ1n) is 13.3. The molecule has 3 fully saturated rings. The van der Waals surface area contributed by atoms with Crippen LogP contribution in [0.5, 0.6) is 0 Å². The van der Waals surface area contributed by atoms with Gasteiger partial charge in [0.05, 0.1) is 31.7 Å². The fourth-order valence-electron chi connectivity index (χ4n) is 5.62. The predicted octanol–water partition coefficient (Wildman–Crippen LogP) is 4.42. The third kappa shape index (κ3) is 7.49. The Hall–Kier alpha value is -1.51. The summed E-state index contributed by atoms with van der Waals surface area (Å²) in [6.45, 7) is 7.00. The Morgan fingerprint density at radius 3 is 2.51 bits per heavy atom. The number of ether oxygens (including phenoxy) is 4. The lowest BCUT2D eigenvalue weighted by Crippen LogP contribution is -2.55. The third-order valence-corrected chi connectivity index (χ3v) is 7.72. The molecule has 0 aromatic rings. The Morgan fingerprint density at radius 2 is 1.86 bits per heavy atom. The summed E-state index contributed by atoms with van der Waals surface area (Å²) in [4.78, 5) is 23.8. The van der Waals surface area contributed by atoms with Crippen LogP contribution in [0.2, 0.25) is 0 Å². The van der Waals surface area contributed by atoms with Gasteiger partial charge in [-0.2, -0.15) is 0 Å². The van der Waals surface area contributed by atoms with Gasteiger partial charge < -0.3 is 24.3 Å². The number of amides is 1. The molecule has 6 atom stereocenters. The van der Waals surface area contributed by atoms with E-state index in [0.717, 1.165) is 51.4 Å². The van der Waals surface area contributed by atoms with E-state index in [0.29, 0.717) is 19.6 Å². The summed E-state index contributed by atoms with van der Waals surface area (Å²) in [5.74, 6) is -0.378. The Balaban J connectivity index is 1.40. The highest BCUT2D eigenvalue weighted by Crippen LogP contribution is 2.59. The molecule has 1 aliphatic carbocycles. The van der Waals surface area contributed by atoms with Gasteiger partial charge in [-0.3, -0.25) is 14.0 Å². The van der Waals surface area contributed by atoms with Gasteiger partial charge in [-0.1, -0.05) is 30.9 Å². The van der Waals surface area contributed by atoms with E-state index in [-0.39, 0.29) is 53.7 Å². The van der Waals surface area contributed by atoms with Crippen LogP contribution in [0.1, 0.15) is 85.0 Å². The van der Waals surface area contributed by atoms with E-state index < -0.39 is 6.67 Å². The highest BCUT2D eigenvalue weighted by Gasteiger charge is 2.72. The van der Waals surface area contributed by atoms with Gasteiger partial charge >= 0.3 is 5.97 Å². The van der Waals surface area contributed by atoms with Gasteiger partial charge in [-0.25, -0.2) is 0 Å². The largest absolute Gasteiger partial charge is 0.460 e. The van der Waals surface area contributed by atoms with Crippen molar-refractivity contribution in [3.05, 3.63) is 11.6 Å². The van der Waals surface area contributed by atoms with Gasteiger partial charge in [0.15, 0.2) is 0 Å². The summed E-state index contributed by atoms with van der Waals surface area (Å²) in [5, 5.41) is 2.71. The number of carbonyl (C=O) groups is 2. The van der Waals surface area contributed by atoms with Crippen molar-refractivity contribution in [2.45, 2.75) is 114 Å². The third-order valence-electron chi connectivity index (χ3n) is 7.72. The lowest BCUT2D eigenvalue weighted by molar-refractivity contribution is -0.172. The number of nitrogens with one attached hydrogen (secondary N) is 1. The van der Waals surface area contributed by atoms with Crippen LogP contribution in [0.3, 0.4) is 0 Å². The van der Waals surface area contributed by atoms with Crippen LogP contribution in [0.4, 0.5) is 4.39 Å². The molecule has 1 N–H and O–H groups in total. The number of esters is 1. The number of allylic oxidation sites excluding steroid dienone is 1. The van der Waals surface area contributed by atoms with Crippen molar-refractivity contribution in [1.29, 1.82) is 0 Å². The van der Waals surface area contributed by atoms with Crippen molar-refractivity contribution < 1.29 is 32.9 Å². The lowest BCUT2D eigenvalue weighted by atomic mass is 9.68. The van der Waals surface area contributed by atoms with E-state index in [1.165, 1.54) is 5.57 Å². The monoisotopic (exact) mass is 497 g/mol. The Kier molecular flexibility index (Phi) is 10.1. The molecule has 0 radical (unpaired) electrons. The fraction of sp³-hybridized carbons (Fsp3) is 0.852. The molecule has 1 amide bonds. The molecule has 2 heterocycles. The molecule has 0 aromatic heterocycles. The van der Waals surface area contributed by atoms with E-state index in [4.69, 9.17) is 18.9 Å². The minimum atomic E-state index is -0.618. The van der Waals surface area contributed by atoms with Crippen molar-refractivity contribution >= 4 is 11.9 Å². The highest BCUT2D eigenvalue weighted by atomic mass is 19.1. The van der Waals surface area contributed by atoms with Crippen LogP contribution >= 0.6 is 0 Å². The maximum absolute atomic E-state index is 12.6. The molecule has 1 spiro atoms. The topological polar surface area (TPSA) is 89.7 Å². The van der Waals surface area contributed by atoms with Crippen molar-refractivity contribution in [2.75, 3.05) is 26.9 Å². The minimum Gasteiger partial charge on any atom is -0.460 e. The molecule has 0 aromatic carbocycles. The van der Waals surface area contributed by atoms with Gasteiger partial charge in [-0.15, -0.1) is 0 Å². The maximum atomic E-state index is 12.6. The molecule has 200 valence electrons. The molecule has 35 heavy (non-hydrogen) atoms. The summed E-state index contributed by atoms with van der Waals surface area (Å²) in [7, 11) is 1.69. The SMILES string of the molecule is COC1C(OC(=O)CCCCCCCNC(=O)CCF)CC[C@]2(CO2)C1[C@@]1(C)O[C@@H]1CC=C(C)C. The molecule has 2 saturated heterocycles. The summed E-state index contributed by atoms with van der Waals surface area (Å²) < 4.78 is 36.1. The summed E-state index contributed by atoms with van der Waals surface area (Å²) in [6.07, 6.45) is 9.13. The van der Waals surface area contributed by atoms with E-state index in [1.54, 1.807) is 7.11 Å². The number of rotatable bonds is 15. The molecule has 1 saturated carbocycles. The summed E-state index contributed by atoms with van der Waals surface area (Å²) in [6, 6.07) is 0. The zero-order valence-corrected chi connectivity index (χ0v) is 21.9. The van der Waals surface area contributed by atoms with Crippen LogP contribution < -0.4 is 5.32 Å². The van der Waals surface area contributed by atoms with E-state index in [1.807, 2.05) is 0 Å². The van der Waals surface area contributed by atoms with Crippen LogP contribution in [0.15, 0.2) is 11.6 Å². The molecule has 3 aliphatic rings. The van der Waals surface area contributed by atoms with Crippen LogP contribution in [-0.2, 0) is 28.5 Å². The zero-order chi connectivity index (χ0) is 25.5. The van der Waals surface area contributed by atoms with Gasteiger partial charge in [0, 0.05) is 20.1 Å². The van der Waals surface area contributed by atoms with Gasteiger partial charge in [0.2, 0.25) is 5.91 Å². The number of carbonyl (C=O) groups excluding carboxylic acids is 2. The first-order chi connectivity index (χ1) is 16.8. The second-order valence-corrected chi connectivity index (χ2v) is 10.7. The summed E-state index contributed by atoms with van der Waals surface area (Å²) in [5.41, 5.74) is 0.725. The molecule has 2 aliphatic heterocycles. The number of methoxy groups -OCH3 is 1. The Labute approximate surface area is 209 Å². The number of unbranched alkanes of at least 4 members (excludes halogenated alkanes) is 4. The lowest BCUT2D eigenvalue weighted by Gasteiger charge is -2.42. The maximum Gasteiger partial charge on any atom is 0.306 e. The number of hydrogen-bond donors (Lipinski definition) is 1. The number of halogens is 1. The first-order valence-corrected chi connectivity index (χ1v) is 13.3. The molecule has 3 rings (SSSR count). The Morgan fingerprint density at radius 1 is 1.14 bits per heavy atom. The van der Waals surface area contributed by atoms with Gasteiger partial charge in [0.25, 0.3) is 0 Å². The highest BCUT2D eigenvalue weighted by molar-refractivity contribution is 5.75. The predicted molar refractivity (Wildman–Crippen MR) is 131 cm³/mol. The van der Waals surface area contributed by atoms with Crippen molar-refractivity contribution in [1.82, 2.24) is 5.32 Å². The average molecular weight is 498 g/mol. The van der Waals surface area contributed by atoms with Gasteiger partial charge in [-0.05, 0) is 52.9 Å². The first kappa shape index (κ1) is 28.1. The van der Waals surface area contributed by atoms with Gasteiger partial charge in [0.1, 0.15) is 23.4 Å². The standard InChI is InChI=1S/C27H44FNO6/c1-19(2)11-12-21-26(3,35-21)25-24(32-4)20(13-15-27(25)18-33-27)34-23(31)10-8-6-5-7-9-17-29-22(30)14-16-28/h11,20-21,24-25H,5-10,12-18H2,1-4H3,(H,29,30)/t20?,21-,24?,25?,26+,27+/m1/s1. The quantitative estimate of drug-likeness (QED) is 0.156. The normalized spacial score (nSPS) is 33.3.